The van der Waals surface area contributed by atoms with Crippen LogP contribution in [0.3, 0.4) is 0 Å². The third-order valence-electron chi connectivity index (χ3n) is 4.45. The average Bonchev–Trinajstić information content (AvgIpc) is 3.12. The highest BCUT2D eigenvalue weighted by Crippen LogP contribution is 2.36. The molecule has 0 aromatic carbocycles. The van der Waals surface area contributed by atoms with Crippen LogP contribution in [0.5, 0.6) is 0 Å². The molecule has 4 rings (SSSR count). The molecule has 0 aliphatic carbocycles. The van der Waals surface area contributed by atoms with Gasteiger partial charge in [0.15, 0.2) is 5.76 Å². The molecule has 2 bridgehead atoms. The summed E-state index contributed by atoms with van der Waals surface area (Å²) in [6.45, 7) is 0.718. The van der Waals surface area contributed by atoms with Crippen molar-refractivity contribution in [3.05, 3.63) is 24.3 Å². The van der Waals surface area contributed by atoms with Crippen LogP contribution in [0.1, 0.15) is 31.6 Å². The van der Waals surface area contributed by atoms with Gasteiger partial charge in [-0.15, -0.1) is 0 Å². The van der Waals surface area contributed by atoms with E-state index in [0.29, 0.717) is 35.6 Å². The van der Waals surface area contributed by atoms with Crippen LogP contribution in [0, 0.1) is 0 Å². The van der Waals surface area contributed by atoms with Crippen molar-refractivity contribution in [3.63, 3.8) is 0 Å². The Morgan fingerprint density at radius 1 is 1.30 bits per heavy atom. The molecule has 2 atom stereocenters. The summed E-state index contributed by atoms with van der Waals surface area (Å²) in [6.07, 6.45) is 6.23. The monoisotopic (exact) mass is 274 g/mol. The van der Waals surface area contributed by atoms with E-state index in [-0.39, 0.29) is 0 Å². The number of hydrogen-bond acceptors (Lipinski definition) is 6. The second-order valence-corrected chi connectivity index (χ2v) is 5.78. The van der Waals surface area contributed by atoms with E-state index in [2.05, 4.69) is 15.0 Å². The van der Waals surface area contributed by atoms with Gasteiger partial charge in [-0.1, -0.05) is 5.16 Å². The van der Waals surface area contributed by atoms with Crippen molar-refractivity contribution in [3.8, 4) is 11.6 Å². The van der Waals surface area contributed by atoms with Crippen LogP contribution >= 0.6 is 0 Å². The van der Waals surface area contributed by atoms with E-state index in [1.165, 1.54) is 12.8 Å². The Kier molecular flexibility index (Phi) is 2.85. The first-order valence-electron chi connectivity index (χ1n) is 7.17. The highest BCUT2D eigenvalue weighted by Gasteiger charge is 2.40. The summed E-state index contributed by atoms with van der Waals surface area (Å²) in [5, 5.41) is 3.98. The fraction of sp³-hybridized carbons (Fsp3) is 0.571. The topological polar surface area (TPSA) is 81.3 Å². The summed E-state index contributed by atoms with van der Waals surface area (Å²) < 4.78 is 10.6. The third kappa shape index (κ3) is 2.05. The molecule has 0 spiro atoms. The van der Waals surface area contributed by atoms with Crippen molar-refractivity contribution < 1.29 is 8.94 Å². The molecular formula is C14H18N4O2. The Morgan fingerprint density at radius 3 is 2.80 bits per heavy atom. The van der Waals surface area contributed by atoms with E-state index in [1.54, 1.807) is 6.26 Å². The van der Waals surface area contributed by atoms with Crippen molar-refractivity contribution in [2.24, 2.45) is 5.73 Å². The van der Waals surface area contributed by atoms with Crippen LogP contribution in [0.2, 0.25) is 0 Å². The lowest BCUT2D eigenvalue weighted by Crippen LogP contribution is -2.46. The molecule has 0 radical (unpaired) electrons. The SMILES string of the molecule is NC1CC2CCC(C1)N2Cc1nc(-c2ccco2)no1. The zero-order valence-corrected chi connectivity index (χ0v) is 11.2. The molecule has 20 heavy (non-hydrogen) atoms. The van der Waals surface area contributed by atoms with Gasteiger partial charge in [-0.05, 0) is 37.8 Å². The average molecular weight is 274 g/mol. The predicted octanol–water partition coefficient (Wildman–Crippen LogP) is 1.78. The van der Waals surface area contributed by atoms with Gasteiger partial charge in [0.2, 0.25) is 11.7 Å². The second-order valence-electron chi connectivity index (χ2n) is 5.78. The molecule has 2 aromatic rings. The van der Waals surface area contributed by atoms with E-state index in [9.17, 15) is 0 Å². The summed E-state index contributed by atoms with van der Waals surface area (Å²) in [6, 6.07) is 5.14. The normalized spacial score (nSPS) is 29.9. The van der Waals surface area contributed by atoms with Crippen LogP contribution in [0.4, 0.5) is 0 Å². The minimum Gasteiger partial charge on any atom is -0.461 e. The molecule has 0 amide bonds. The summed E-state index contributed by atoms with van der Waals surface area (Å²) >= 11 is 0. The highest BCUT2D eigenvalue weighted by molar-refractivity contribution is 5.44. The van der Waals surface area contributed by atoms with Crippen LogP contribution in [0.15, 0.2) is 27.3 Å². The lowest BCUT2D eigenvalue weighted by Gasteiger charge is -2.36. The minimum atomic E-state index is 0.352. The number of nitrogens with two attached hydrogens (primary N) is 1. The van der Waals surface area contributed by atoms with Gasteiger partial charge in [0.1, 0.15) is 0 Å². The molecule has 2 aliphatic heterocycles. The predicted molar refractivity (Wildman–Crippen MR) is 71.6 cm³/mol. The van der Waals surface area contributed by atoms with Gasteiger partial charge in [0.25, 0.3) is 0 Å². The van der Waals surface area contributed by atoms with Gasteiger partial charge in [0.05, 0.1) is 12.8 Å². The molecule has 2 N–H and O–H groups in total. The molecule has 2 unspecified atom stereocenters. The molecule has 6 nitrogen and oxygen atoms in total. The molecule has 2 aromatic heterocycles. The van der Waals surface area contributed by atoms with E-state index in [0.717, 1.165) is 19.4 Å². The van der Waals surface area contributed by atoms with Crippen molar-refractivity contribution in [1.82, 2.24) is 15.0 Å². The highest BCUT2D eigenvalue weighted by atomic mass is 16.5. The summed E-state index contributed by atoms with van der Waals surface area (Å²) in [5.74, 6) is 1.82. The fourth-order valence-corrected chi connectivity index (χ4v) is 3.56. The van der Waals surface area contributed by atoms with E-state index >= 15 is 0 Å². The maximum Gasteiger partial charge on any atom is 0.241 e. The van der Waals surface area contributed by atoms with Crippen LogP contribution in [-0.4, -0.2) is 33.2 Å². The van der Waals surface area contributed by atoms with E-state index in [1.807, 2.05) is 12.1 Å². The molecule has 6 heteroatoms. The Labute approximate surface area is 116 Å². The zero-order chi connectivity index (χ0) is 13.5. The van der Waals surface area contributed by atoms with Crippen LogP contribution in [0.25, 0.3) is 11.6 Å². The number of hydrogen-bond donors (Lipinski definition) is 1. The Morgan fingerprint density at radius 2 is 2.10 bits per heavy atom. The first kappa shape index (κ1) is 12.1. The van der Waals surface area contributed by atoms with Gasteiger partial charge in [0, 0.05) is 18.1 Å². The number of nitrogens with zero attached hydrogens (tertiary/aromatic N) is 3. The summed E-state index contributed by atoms with van der Waals surface area (Å²) in [7, 11) is 0. The smallest absolute Gasteiger partial charge is 0.241 e. The second kappa shape index (κ2) is 4.71. The molecule has 2 aliphatic rings. The van der Waals surface area contributed by atoms with Crippen LogP contribution < -0.4 is 5.73 Å². The number of fused-ring (bicyclic) bond motifs is 2. The third-order valence-corrected chi connectivity index (χ3v) is 4.45. The van der Waals surface area contributed by atoms with Gasteiger partial charge < -0.3 is 14.7 Å². The quantitative estimate of drug-likeness (QED) is 0.918. The molecule has 2 saturated heterocycles. The Bertz CT molecular complexity index is 566. The number of furan rings is 1. The lowest BCUT2D eigenvalue weighted by atomic mass is 9.98. The number of piperidine rings is 1. The fourth-order valence-electron chi connectivity index (χ4n) is 3.56. The maximum absolute atomic E-state index is 6.09. The number of aromatic nitrogens is 2. The lowest BCUT2D eigenvalue weighted by molar-refractivity contribution is 0.105. The molecule has 0 saturated carbocycles. The summed E-state index contributed by atoms with van der Waals surface area (Å²) in [4.78, 5) is 6.89. The molecule has 106 valence electrons. The molecular weight excluding hydrogens is 256 g/mol. The van der Waals surface area contributed by atoms with Gasteiger partial charge >= 0.3 is 0 Å². The molecule has 2 fully saturated rings. The standard InChI is InChI=1S/C14H18N4O2/c15-9-6-10-3-4-11(7-9)18(10)8-13-16-14(17-20-13)12-2-1-5-19-12/h1-2,5,9-11H,3-4,6-8,15H2. The molecule has 4 heterocycles. The minimum absolute atomic E-state index is 0.352. The first-order chi connectivity index (χ1) is 9.79. The maximum atomic E-state index is 6.09. The van der Waals surface area contributed by atoms with Crippen molar-refractivity contribution in [2.45, 2.75) is 50.4 Å². The van der Waals surface area contributed by atoms with E-state index in [4.69, 9.17) is 14.7 Å². The first-order valence-corrected chi connectivity index (χ1v) is 7.17. The van der Waals surface area contributed by atoms with Crippen molar-refractivity contribution in [1.29, 1.82) is 0 Å². The largest absolute Gasteiger partial charge is 0.461 e. The zero-order valence-electron chi connectivity index (χ0n) is 11.2. The van der Waals surface area contributed by atoms with Gasteiger partial charge in [-0.2, -0.15) is 4.98 Å². The summed E-state index contributed by atoms with van der Waals surface area (Å²) in [5.41, 5.74) is 6.09. The Balaban J connectivity index is 1.50. The van der Waals surface area contributed by atoms with Crippen LogP contribution in [-0.2, 0) is 6.54 Å². The van der Waals surface area contributed by atoms with Gasteiger partial charge in [-0.25, -0.2) is 0 Å². The number of rotatable bonds is 3. The Hall–Kier alpha value is -1.66. The van der Waals surface area contributed by atoms with Crippen molar-refractivity contribution >= 4 is 0 Å². The van der Waals surface area contributed by atoms with E-state index < -0.39 is 0 Å². The van der Waals surface area contributed by atoms with Crippen molar-refractivity contribution in [2.75, 3.05) is 0 Å². The van der Waals surface area contributed by atoms with Gasteiger partial charge in [-0.3, -0.25) is 4.90 Å².